The van der Waals surface area contributed by atoms with Crippen molar-refractivity contribution in [3.63, 3.8) is 0 Å². The lowest BCUT2D eigenvalue weighted by Crippen LogP contribution is -2.22. The summed E-state index contributed by atoms with van der Waals surface area (Å²) in [6, 6.07) is 5.80. The standard InChI is InChI=1S/C11H12N2O5/c1-16-11(17-2)7-18-10-4-3-8(6-12)5-9(10)13(14)15/h3-5,11H,7H2,1-2H3. The zero-order valence-electron chi connectivity index (χ0n) is 9.95. The molecule has 0 unspecified atom stereocenters. The number of benzene rings is 1. The van der Waals surface area contributed by atoms with Crippen LogP contribution in [0.5, 0.6) is 5.75 Å². The Morgan fingerprint density at radius 1 is 1.44 bits per heavy atom. The van der Waals surface area contributed by atoms with E-state index in [9.17, 15) is 10.1 Å². The second-order valence-corrected chi connectivity index (χ2v) is 3.26. The van der Waals surface area contributed by atoms with E-state index < -0.39 is 11.2 Å². The monoisotopic (exact) mass is 252 g/mol. The van der Waals surface area contributed by atoms with Crippen LogP contribution in [-0.4, -0.2) is 32.0 Å². The van der Waals surface area contributed by atoms with Gasteiger partial charge in [0, 0.05) is 20.3 Å². The highest BCUT2D eigenvalue weighted by atomic mass is 16.7. The molecule has 0 saturated carbocycles. The van der Waals surface area contributed by atoms with Gasteiger partial charge in [-0.05, 0) is 12.1 Å². The van der Waals surface area contributed by atoms with E-state index in [1.807, 2.05) is 6.07 Å². The van der Waals surface area contributed by atoms with Crippen molar-refractivity contribution in [2.75, 3.05) is 20.8 Å². The maximum absolute atomic E-state index is 10.8. The first-order valence-electron chi connectivity index (χ1n) is 4.99. The molecule has 96 valence electrons. The van der Waals surface area contributed by atoms with Crippen LogP contribution in [0, 0.1) is 21.4 Å². The van der Waals surface area contributed by atoms with Crippen molar-refractivity contribution in [1.29, 1.82) is 5.26 Å². The van der Waals surface area contributed by atoms with E-state index in [0.29, 0.717) is 0 Å². The first-order chi connectivity index (χ1) is 8.62. The summed E-state index contributed by atoms with van der Waals surface area (Å²) in [5.74, 6) is 0.0677. The minimum absolute atomic E-state index is 0.0136. The van der Waals surface area contributed by atoms with Crippen molar-refractivity contribution in [2.45, 2.75) is 6.29 Å². The molecule has 1 rings (SSSR count). The van der Waals surface area contributed by atoms with E-state index in [-0.39, 0.29) is 23.6 Å². The molecule has 0 N–H and O–H groups in total. The summed E-state index contributed by atoms with van der Waals surface area (Å²) < 4.78 is 15.0. The normalized spacial score (nSPS) is 10.1. The van der Waals surface area contributed by atoms with E-state index in [2.05, 4.69) is 0 Å². The summed E-state index contributed by atoms with van der Waals surface area (Å²) >= 11 is 0. The fourth-order valence-corrected chi connectivity index (χ4v) is 1.24. The van der Waals surface area contributed by atoms with Crippen molar-refractivity contribution in [3.8, 4) is 11.8 Å². The van der Waals surface area contributed by atoms with Crippen molar-refractivity contribution < 1.29 is 19.1 Å². The molecule has 0 amide bonds. The molecule has 0 spiro atoms. The summed E-state index contributed by atoms with van der Waals surface area (Å²) in [5.41, 5.74) is -0.0657. The molecular formula is C11H12N2O5. The molecule has 0 bridgehead atoms. The van der Waals surface area contributed by atoms with Gasteiger partial charge in [-0.2, -0.15) is 5.26 Å². The summed E-state index contributed by atoms with van der Waals surface area (Å²) in [5, 5.41) is 19.5. The van der Waals surface area contributed by atoms with Gasteiger partial charge in [0.1, 0.15) is 6.61 Å². The van der Waals surface area contributed by atoms with Gasteiger partial charge < -0.3 is 14.2 Å². The summed E-state index contributed by atoms with van der Waals surface area (Å²) in [4.78, 5) is 10.2. The minimum Gasteiger partial charge on any atom is -0.481 e. The molecule has 1 aromatic rings. The van der Waals surface area contributed by atoms with Gasteiger partial charge in [-0.15, -0.1) is 0 Å². The van der Waals surface area contributed by atoms with Crippen LogP contribution >= 0.6 is 0 Å². The summed E-state index contributed by atoms with van der Waals surface area (Å²) in [7, 11) is 2.87. The molecule has 0 atom stereocenters. The number of ether oxygens (including phenoxy) is 3. The van der Waals surface area contributed by atoms with Crippen molar-refractivity contribution in [2.24, 2.45) is 0 Å². The molecule has 0 radical (unpaired) electrons. The summed E-state index contributed by atoms with van der Waals surface area (Å²) in [6.45, 7) is 0.0136. The number of hydrogen-bond donors (Lipinski definition) is 0. The Hall–Kier alpha value is -2.17. The van der Waals surface area contributed by atoms with Crippen LogP contribution in [-0.2, 0) is 9.47 Å². The number of nitrogens with zero attached hydrogens (tertiary/aromatic N) is 2. The third-order valence-electron chi connectivity index (χ3n) is 2.19. The van der Waals surface area contributed by atoms with Gasteiger partial charge in [-0.1, -0.05) is 0 Å². The molecular weight excluding hydrogens is 240 g/mol. The number of nitro benzene ring substituents is 1. The quantitative estimate of drug-likeness (QED) is 0.432. The highest BCUT2D eigenvalue weighted by molar-refractivity contribution is 5.51. The number of methoxy groups -OCH3 is 2. The predicted molar refractivity (Wildman–Crippen MR) is 61.1 cm³/mol. The van der Waals surface area contributed by atoms with Gasteiger partial charge in [0.25, 0.3) is 0 Å². The average molecular weight is 252 g/mol. The SMILES string of the molecule is COC(COc1ccc(C#N)cc1[N+](=O)[O-])OC. The lowest BCUT2D eigenvalue weighted by Gasteiger charge is -2.14. The van der Waals surface area contributed by atoms with Gasteiger partial charge in [-0.3, -0.25) is 10.1 Å². The van der Waals surface area contributed by atoms with Crippen LogP contribution in [0.1, 0.15) is 5.56 Å². The molecule has 18 heavy (non-hydrogen) atoms. The van der Waals surface area contributed by atoms with Crippen LogP contribution < -0.4 is 4.74 Å². The predicted octanol–water partition coefficient (Wildman–Crippen LogP) is 1.46. The molecule has 0 aromatic heterocycles. The third-order valence-corrected chi connectivity index (χ3v) is 2.19. The third kappa shape index (κ3) is 3.41. The molecule has 0 aliphatic heterocycles. The van der Waals surface area contributed by atoms with E-state index in [1.54, 1.807) is 0 Å². The number of nitro groups is 1. The Morgan fingerprint density at radius 3 is 2.61 bits per heavy atom. The number of rotatable bonds is 6. The molecule has 1 aromatic carbocycles. The molecule has 0 aliphatic carbocycles. The zero-order valence-corrected chi connectivity index (χ0v) is 9.95. The van der Waals surface area contributed by atoms with E-state index >= 15 is 0 Å². The largest absolute Gasteiger partial charge is 0.481 e. The van der Waals surface area contributed by atoms with Gasteiger partial charge >= 0.3 is 5.69 Å². The second-order valence-electron chi connectivity index (χ2n) is 3.26. The molecule has 0 fully saturated rings. The number of nitriles is 1. The minimum atomic E-state index is -0.611. The van der Waals surface area contributed by atoms with Crippen molar-refractivity contribution in [3.05, 3.63) is 33.9 Å². The van der Waals surface area contributed by atoms with Gasteiger partial charge in [-0.25, -0.2) is 0 Å². The Bertz CT molecular complexity index is 465. The van der Waals surface area contributed by atoms with Gasteiger partial charge in [0.05, 0.1) is 16.6 Å². The maximum atomic E-state index is 10.8. The van der Waals surface area contributed by atoms with Crippen LogP contribution in [0.15, 0.2) is 18.2 Å². The van der Waals surface area contributed by atoms with Crippen LogP contribution in [0.3, 0.4) is 0 Å². The highest BCUT2D eigenvalue weighted by Crippen LogP contribution is 2.27. The van der Waals surface area contributed by atoms with Crippen LogP contribution in [0.4, 0.5) is 5.69 Å². The zero-order chi connectivity index (χ0) is 13.5. The Balaban J connectivity index is 2.88. The molecule has 0 aliphatic rings. The average Bonchev–Trinajstić information content (AvgIpc) is 2.39. The van der Waals surface area contributed by atoms with Crippen molar-refractivity contribution in [1.82, 2.24) is 0 Å². The van der Waals surface area contributed by atoms with E-state index in [1.165, 1.54) is 26.4 Å². The fraction of sp³-hybridized carbons (Fsp3) is 0.364. The molecule has 7 heteroatoms. The Labute approximate surface area is 104 Å². The fourth-order valence-electron chi connectivity index (χ4n) is 1.24. The lowest BCUT2D eigenvalue weighted by molar-refractivity contribution is -0.386. The van der Waals surface area contributed by atoms with Crippen LogP contribution in [0.25, 0.3) is 0 Å². The number of hydrogen-bond acceptors (Lipinski definition) is 6. The van der Waals surface area contributed by atoms with E-state index in [0.717, 1.165) is 6.07 Å². The highest BCUT2D eigenvalue weighted by Gasteiger charge is 2.17. The Kier molecular flexibility index (Phi) is 5.05. The van der Waals surface area contributed by atoms with E-state index in [4.69, 9.17) is 19.5 Å². The van der Waals surface area contributed by atoms with Gasteiger partial charge in [0.2, 0.25) is 0 Å². The molecule has 7 nitrogen and oxygen atoms in total. The van der Waals surface area contributed by atoms with Crippen molar-refractivity contribution >= 4 is 5.69 Å². The topological polar surface area (TPSA) is 94.6 Å². The first kappa shape index (κ1) is 13.9. The van der Waals surface area contributed by atoms with Gasteiger partial charge in [0.15, 0.2) is 12.0 Å². The summed E-state index contributed by atoms with van der Waals surface area (Å²) in [6.07, 6.45) is -0.611. The maximum Gasteiger partial charge on any atom is 0.312 e. The molecule has 0 saturated heterocycles. The first-order valence-corrected chi connectivity index (χ1v) is 4.99. The Morgan fingerprint density at radius 2 is 2.11 bits per heavy atom. The van der Waals surface area contributed by atoms with Crippen LogP contribution in [0.2, 0.25) is 0 Å². The second kappa shape index (κ2) is 6.54. The molecule has 0 heterocycles. The lowest BCUT2D eigenvalue weighted by atomic mass is 10.2. The smallest absolute Gasteiger partial charge is 0.312 e.